The summed E-state index contributed by atoms with van der Waals surface area (Å²) in [5, 5.41) is 0. The summed E-state index contributed by atoms with van der Waals surface area (Å²) in [5.74, 6) is -0.298. The highest BCUT2D eigenvalue weighted by atomic mass is 19.1. The van der Waals surface area contributed by atoms with E-state index < -0.39 is 5.82 Å². The van der Waals surface area contributed by atoms with E-state index in [0.717, 1.165) is 12.1 Å². The maximum atomic E-state index is 12.9. The third-order valence-corrected chi connectivity index (χ3v) is 1.84. The van der Waals surface area contributed by atoms with Crippen LogP contribution in [0.1, 0.15) is 0 Å². The molecule has 0 atom stereocenters. The van der Waals surface area contributed by atoms with Gasteiger partial charge in [-0.3, -0.25) is 4.79 Å². The van der Waals surface area contributed by atoms with Gasteiger partial charge >= 0.3 is 0 Å². The molecule has 16 heavy (non-hydrogen) atoms. The van der Waals surface area contributed by atoms with Crippen molar-refractivity contribution in [1.29, 1.82) is 0 Å². The van der Waals surface area contributed by atoms with Crippen LogP contribution in [-0.2, 0) is 0 Å². The average Bonchev–Trinajstić information content (AvgIpc) is 2.24. The van der Waals surface area contributed by atoms with E-state index in [4.69, 9.17) is 10.5 Å². The molecule has 2 aromatic rings. The Morgan fingerprint density at radius 1 is 1.38 bits per heavy atom. The predicted molar refractivity (Wildman–Crippen MR) is 55.7 cm³/mol. The molecule has 0 bridgehead atoms. The van der Waals surface area contributed by atoms with Crippen LogP contribution in [0.25, 0.3) is 0 Å². The minimum Gasteiger partial charge on any atom is -0.436 e. The van der Waals surface area contributed by atoms with Gasteiger partial charge in [0, 0.05) is 6.07 Å². The van der Waals surface area contributed by atoms with Crippen molar-refractivity contribution in [3.05, 3.63) is 46.8 Å². The highest BCUT2D eigenvalue weighted by molar-refractivity contribution is 5.53. The molecule has 5 nitrogen and oxygen atoms in total. The molecule has 0 aliphatic carbocycles. The van der Waals surface area contributed by atoms with Crippen LogP contribution in [0.3, 0.4) is 0 Å². The van der Waals surface area contributed by atoms with Crippen LogP contribution in [0.4, 0.5) is 10.1 Å². The quantitative estimate of drug-likeness (QED) is 0.748. The van der Waals surface area contributed by atoms with Crippen LogP contribution in [0.15, 0.2) is 35.4 Å². The Kier molecular flexibility index (Phi) is 2.55. The van der Waals surface area contributed by atoms with Crippen molar-refractivity contribution in [3.63, 3.8) is 0 Å². The summed E-state index contributed by atoms with van der Waals surface area (Å²) in [6, 6.07) is 4.85. The van der Waals surface area contributed by atoms with Gasteiger partial charge in [-0.15, -0.1) is 0 Å². The van der Waals surface area contributed by atoms with Gasteiger partial charge in [0.05, 0.1) is 18.1 Å². The number of nitrogens with zero attached hydrogens (tertiary/aromatic N) is 1. The molecule has 3 N–H and O–H groups in total. The Labute approximate surface area is 89.7 Å². The largest absolute Gasteiger partial charge is 0.436 e. The lowest BCUT2D eigenvalue weighted by atomic mass is 10.3. The van der Waals surface area contributed by atoms with Crippen LogP contribution in [0.2, 0.25) is 0 Å². The molecule has 0 aliphatic rings. The molecular formula is C10H8FN3O2. The maximum absolute atomic E-state index is 12.9. The molecule has 0 radical (unpaired) electrons. The van der Waals surface area contributed by atoms with E-state index in [1.54, 1.807) is 0 Å². The second-order valence-corrected chi connectivity index (χ2v) is 3.03. The van der Waals surface area contributed by atoms with E-state index in [-0.39, 0.29) is 22.9 Å². The van der Waals surface area contributed by atoms with Gasteiger partial charge in [-0.25, -0.2) is 9.37 Å². The Bertz CT molecular complexity index is 568. The lowest BCUT2D eigenvalue weighted by Crippen LogP contribution is -2.05. The fourth-order valence-electron chi connectivity index (χ4n) is 1.12. The van der Waals surface area contributed by atoms with E-state index in [1.807, 2.05) is 0 Å². The van der Waals surface area contributed by atoms with Crippen molar-refractivity contribution >= 4 is 5.69 Å². The second kappa shape index (κ2) is 4.01. The molecule has 6 heteroatoms. The highest BCUT2D eigenvalue weighted by Gasteiger charge is 2.05. The summed E-state index contributed by atoms with van der Waals surface area (Å²) in [5.41, 5.74) is 5.48. The average molecular weight is 221 g/mol. The standard InChI is InChI=1S/C10H8FN3O2/c11-6-1-2-7(12)8(3-6)16-10-4-9(15)13-5-14-10/h1-5H,12H2,(H,13,14,15). The number of aromatic amines is 1. The third kappa shape index (κ3) is 2.17. The van der Waals surface area contributed by atoms with Crippen molar-refractivity contribution in [2.45, 2.75) is 0 Å². The fourth-order valence-corrected chi connectivity index (χ4v) is 1.12. The van der Waals surface area contributed by atoms with Crippen molar-refractivity contribution in [2.24, 2.45) is 0 Å². The van der Waals surface area contributed by atoms with Crippen molar-refractivity contribution in [1.82, 2.24) is 9.97 Å². The molecule has 1 aromatic carbocycles. The zero-order valence-corrected chi connectivity index (χ0v) is 8.11. The molecule has 2 rings (SSSR count). The van der Waals surface area contributed by atoms with Crippen LogP contribution >= 0.6 is 0 Å². The van der Waals surface area contributed by atoms with Crippen molar-refractivity contribution in [3.8, 4) is 11.6 Å². The molecule has 0 saturated carbocycles. The van der Waals surface area contributed by atoms with Gasteiger partial charge in [-0.2, -0.15) is 0 Å². The SMILES string of the molecule is Nc1ccc(F)cc1Oc1cc(=O)[nH]cn1. The highest BCUT2D eigenvalue weighted by Crippen LogP contribution is 2.25. The molecule has 0 spiro atoms. The number of ether oxygens (including phenoxy) is 1. The van der Waals surface area contributed by atoms with E-state index in [9.17, 15) is 9.18 Å². The Morgan fingerprint density at radius 2 is 2.19 bits per heavy atom. The molecule has 0 unspecified atom stereocenters. The molecule has 0 aliphatic heterocycles. The summed E-state index contributed by atoms with van der Waals surface area (Å²) in [4.78, 5) is 17.0. The van der Waals surface area contributed by atoms with Gasteiger partial charge in [0.25, 0.3) is 5.56 Å². The number of H-pyrrole nitrogens is 1. The fraction of sp³-hybridized carbons (Fsp3) is 0. The summed E-state index contributed by atoms with van der Waals surface area (Å²) < 4.78 is 18.1. The monoisotopic (exact) mass is 221 g/mol. The molecule has 1 heterocycles. The number of nitrogens with one attached hydrogen (secondary N) is 1. The summed E-state index contributed by atoms with van der Waals surface area (Å²) in [7, 11) is 0. The van der Waals surface area contributed by atoms with Gasteiger partial charge in [0.2, 0.25) is 5.88 Å². The van der Waals surface area contributed by atoms with Gasteiger partial charge < -0.3 is 15.5 Å². The number of aromatic nitrogens is 2. The van der Waals surface area contributed by atoms with E-state index >= 15 is 0 Å². The number of anilines is 1. The van der Waals surface area contributed by atoms with Gasteiger partial charge in [-0.1, -0.05) is 0 Å². The molecule has 1 aromatic heterocycles. The molecule has 0 saturated heterocycles. The minimum atomic E-state index is -0.478. The Hall–Kier alpha value is -2.37. The van der Waals surface area contributed by atoms with Gasteiger partial charge in [0.1, 0.15) is 5.82 Å². The number of hydrogen-bond donors (Lipinski definition) is 2. The van der Waals surface area contributed by atoms with Crippen LogP contribution in [-0.4, -0.2) is 9.97 Å². The number of nitrogen functional groups attached to an aromatic ring is 1. The topological polar surface area (TPSA) is 81.0 Å². The number of nitrogens with two attached hydrogens (primary N) is 1. The first kappa shape index (κ1) is 10.2. The lowest BCUT2D eigenvalue weighted by molar-refractivity contribution is 0.458. The first-order valence-electron chi connectivity index (χ1n) is 4.43. The zero-order valence-electron chi connectivity index (χ0n) is 8.11. The lowest BCUT2D eigenvalue weighted by Gasteiger charge is -2.06. The van der Waals surface area contributed by atoms with Crippen LogP contribution in [0.5, 0.6) is 11.6 Å². The molecule has 0 fully saturated rings. The predicted octanol–water partition coefficient (Wildman–Crippen LogP) is 1.28. The first-order chi connectivity index (χ1) is 7.65. The van der Waals surface area contributed by atoms with Crippen LogP contribution in [0, 0.1) is 5.82 Å². The number of hydrogen-bond acceptors (Lipinski definition) is 4. The zero-order chi connectivity index (χ0) is 11.5. The van der Waals surface area contributed by atoms with E-state index in [0.29, 0.717) is 0 Å². The second-order valence-electron chi connectivity index (χ2n) is 3.03. The van der Waals surface area contributed by atoms with Crippen LogP contribution < -0.4 is 16.0 Å². The first-order valence-corrected chi connectivity index (χ1v) is 4.43. The third-order valence-electron chi connectivity index (χ3n) is 1.84. The summed E-state index contributed by atoms with van der Waals surface area (Å²) >= 11 is 0. The molecular weight excluding hydrogens is 213 g/mol. The summed E-state index contributed by atoms with van der Waals surface area (Å²) in [6.07, 6.45) is 1.19. The van der Waals surface area contributed by atoms with E-state index in [2.05, 4.69) is 9.97 Å². The summed E-state index contributed by atoms with van der Waals surface area (Å²) in [6.45, 7) is 0. The normalized spacial score (nSPS) is 10.1. The van der Waals surface area contributed by atoms with Crippen molar-refractivity contribution in [2.75, 3.05) is 5.73 Å². The number of halogens is 1. The maximum Gasteiger partial charge on any atom is 0.254 e. The minimum absolute atomic E-state index is 0.0565. The van der Waals surface area contributed by atoms with Crippen molar-refractivity contribution < 1.29 is 9.13 Å². The van der Waals surface area contributed by atoms with Gasteiger partial charge in [-0.05, 0) is 12.1 Å². The number of rotatable bonds is 2. The Morgan fingerprint density at radius 3 is 2.94 bits per heavy atom. The Balaban J connectivity index is 2.33. The van der Waals surface area contributed by atoms with Gasteiger partial charge in [0.15, 0.2) is 5.75 Å². The van der Waals surface area contributed by atoms with E-state index in [1.165, 1.54) is 18.5 Å². The smallest absolute Gasteiger partial charge is 0.254 e. The number of benzene rings is 1. The molecule has 82 valence electrons. The molecule has 0 amide bonds.